The van der Waals surface area contributed by atoms with Crippen molar-refractivity contribution in [3.8, 4) is 11.5 Å². The molecule has 0 saturated heterocycles. The van der Waals surface area contributed by atoms with Crippen LogP contribution < -0.4 is 4.74 Å². The summed E-state index contributed by atoms with van der Waals surface area (Å²) >= 11 is 6.14. The van der Waals surface area contributed by atoms with E-state index in [1.807, 2.05) is 60.7 Å². The van der Waals surface area contributed by atoms with Gasteiger partial charge in [-0.1, -0.05) is 48.5 Å². The summed E-state index contributed by atoms with van der Waals surface area (Å²) < 4.78 is 5.48. The van der Waals surface area contributed by atoms with Crippen LogP contribution in [0.5, 0.6) is 11.5 Å². The van der Waals surface area contributed by atoms with Crippen molar-refractivity contribution in [2.45, 2.75) is 6.42 Å². The normalized spacial score (nSPS) is 11.8. The zero-order valence-corrected chi connectivity index (χ0v) is 16.2. The molecule has 0 aliphatic rings. The molecule has 0 spiro atoms. The Kier molecular flexibility index (Phi) is 7.12. The molecule has 0 aromatic heterocycles. The minimum absolute atomic E-state index is 0.0212. The highest BCUT2D eigenvalue weighted by molar-refractivity contribution is 6.18. The second kappa shape index (κ2) is 9.98. The first-order chi connectivity index (χ1) is 13.7. The van der Waals surface area contributed by atoms with E-state index in [1.165, 1.54) is 0 Å². The SMILES string of the molecule is OCCOc1ccc(C(=C(CCCl)c2ccc(O)cc2)c2[c]cccc2)cc1. The van der Waals surface area contributed by atoms with Crippen molar-refractivity contribution in [1.29, 1.82) is 0 Å². The fourth-order valence-electron chi connectivity index (χ4n) is 3.09. The standard InChI is InChI=1S/C24H22ClO3/c25-15-14-23(18-6-10-21(27)11-7-18)24(19-4-2-1-3-5-19)20-8-12-22(13-9-20)28-17-16-26/h1-4,6-13,26-27H,14-17H2. The van der Waals surface area contributed by atoms with E-state index in [2.05, 4.69) is 6.07 Å². The molecule has 2 N–H and O–H groups in total. The lowest BCUT2D eigenvalue weighted by Crippen LogP contribution is -2.01. The number of ether oxygens (including phenoxy) is 1. The van der Waals surface area contributed by atoms with Crippen molar-refractivity contribution < 1.29 is 14.9 Å². The molecular formula is C24H22ClO3. The number of hydrogen-bond donors (Lipinski definition) is 2. The summed E-state index contributed by atoms with van der Waals surface area (Å²) in [7, 11) is 0. The van der Waals surface area contributed by atoms with E-state index in [9.17, 15) is 5.11 Å². The average Bonchev–Trinajstić information content (AvgIpc) is 2.74. The molecule has 3 aromatic rings. The quantitative estimate of drug-likeness (QED) is 0.411. The smallest absolute Gasteiger partial charge is 0.119 e. The van der Waals surface area contributed by atoms with Gasteiger partial charge in [-0.2, -0.15) is 0 Å². The third-order valence-electron chi connectivity index (χ3n) is 4.34. The summed E-state index contributed by atoms with van der Waals surface area (Å²) in [6.45, 7) is 0.242. The third kappa shape index (κ3) is 4.94. The van der Waals surface area contributed by atoms with E-state index in [1.54, 1.807) is 12.1 Å². The molecule has 28 heavy (non-hydrogen) atoms. The Balaban J connectivity index is 2.14. The van der Waals surface area contributed by atoms with Crippen LogP contribution in [0.15, 0.2) is 72.8 Å². The molecule has 0 fully saturated rings. The third-order valence-corrected chi connectivity index (χ3v) is 4.53. The number of aliphatic hydroxyl groups excluding tert-OH is 1. The molecule has 0 bridgehead atoms. The maximum Gasteiger partial charge on any atom is 0.119 e. The van der Waals surface area contributed by atoms with E-state index in [0.29, 0.717) is 18.1 Å². The van der Waals surface area contributed by atoms with Gasteiger partial charge in [0, 0.05) is 5.88 Å². The van der Waals surface area contributed by atoms with Crippen LogP contribution in [-0.4, -0.2) is 29.3 Å². The summed E-state index contributed by atoms with van der Waals surface area (Å²) in [5.41, 5.74) is 5.13. The lowest BCUT2D eigenvalue weighted by Gasteiger charge is -2.17. The number of phenols is 1. The number of rotatable bonds is 8. The average molecular weight is 394 g/mol. The van der Waals surface area contributed by atoms with Crippen molar-refractivity contribution >= 4 is 22.7 Å². The largest absolute Gasteiger partial charge is 0.508 e. The molecule has 0 amide bonds. The Bertz CT molecular complexity index is 901. The number of hydrogen-bond acceptors (Lipinski definition) is 3. The van der Waals surface area contributed by atoms with Gasteiger partial charge in [0.15, 0.2) is 0 Å². The molecule has 3 rings (SSSR count). The van der Waals surface area contributed by atoms with Crippen LogP contribution in [0.4, 0.5) is 0 Å². The first-order valence-corrected chi connectivity index (χ1v) is 9.66. The number of aliphatic hydroxyl groups is 1. The summed E-state index contributed by atoms with van der Waals surface area (Å²) in [6, 6.07) is 26.1. The van der Waals surface area contributed by atoms with Crippen LogP contribution in [0.3, 0.4) is 0 Å². The highest BCUT2D eigenvalue weighted by Gasteiger charge is 2.14. The molecule has 143 valence electrons. The van der Waals surface area contributed by atoms with Crippen LogP contribution in [0.1, 0.15) is 23.1 Å². The summed E-state index contributed by atoms with van der Waals surface area (Å²) in [5, 5.41) is 18.6. The van der Waals surface area contributed by atoms with Gasteiger partial charge in [0.1, 0.15) is 18.1 Å². The number of alkyl halides is 1. The predicted molar refractivity (Wildman–Crippen MR) is 114 cm³/mol. The van der Waals surface area contributed by atoms with Crippen molar-refractivity contribution in [3.63, 3.8) is 0 Å². The molecule has 0 atom stereocenters. The highest BCUT2D eigenvalue weighted by atomic mass is 35.5. The maximum absolute atomic E-state index is 9.66. The van der Waals surface area contributed by atoms with Gasteiger partial charge in [0.2, 0.25) is 0 Å². The molecule has 3 aromatic carbocycles. The number of halogens is 1. The van der Waals surface area contributed by atoms with Gasteiger partial charge < -0.3 is 14.9 Å². The molecule has 0 aliphatic heterocycles. The van der Waals surface area contributed by atoms with Crippen molar-refractivity contribution in [2.24, 2.45) is 0 Å². The molecule has 3 nitrogen and oxygen atoms in total. The summed E-state index contributed by atoms with van der Waals surface area (Å²) in [6.07, 6.45) is 0.674. The molecule has 0 aliphatic carbocycles. The molecule has 0 heterocycles. The predicted octanol–water partition coefficient (Wildman–Crippen LogP) is 5.15. The second-order valence-corrected chi connectivity index (χ2v) is 6.59. The number of phenolic OH excluding ortho intramolecular Hbond substituents is 1. The van der Waals surface area contributed by atoms with Crippen molar-refractivity contribution in [1.82, 2.24) is 0 Å². The zero-order chi connectivity index (χ0) is 19.8. The fraction of sp³-hybridized carbons (Fsp3) is 0.167. The van der Waals surface area contributed by atoms with Gasteiger partial charge in [0.25, 0.3) is 0 Å². The van der Waals surface area contributed by atoms with Crippen molar-refractivity contribution in [3.05, 3.63) is 95.6 Å². The number of allylic oxidation sites excluding steroid dienone is 1. The summed E-state index contributed by atoms with van der Waals surface area (Å²) in [4.78, 5) is 0. The van der Waals surface area contributed by atoms with E-state index >= 15 is 0 Å². The van der Waals surface area contributed by atoms with Crippen LogP contribution in [-0.2, 0) is 0 Å². The number of aromatic hydroxyl groups is 1. The Morgan fingerprint density at radius 1 is 0.929 bits per heavy atom. The van der Waals surface area contributed by atoms with Crippen LogP contribution in [0.2, 0.25) is 0 Å². The fourth-order valence-corrected chi connectivity index (χ4v) is 3.28. The van der Waals surface area contributed by atoms with Crippen LogP contribution in [0, 0.1) is 6.07 Å². The minimum atomic E-state index is -0.0212. The Morgan fingerprint density at radius 2 is 1.64 bits per heavy atom. The number of benzene rings is 3. The second-order valence-electron chi connectivity index (χ2n) is 6.21. The van der Waals surface area contributed by atoms with Crippen LogP contribution >= 0.6 is 11.6 Å². The molecule has 1 radical (unpaired) electrons. The van der Waals surface area contributed by atoms with Gasteiger partial charge in [-0.3, -0.25) is 0 Å². The van der Waals surface area contributed by atoms with Gasteiger partial charge in [-0.25, -0.2) is 0 Å². The Labute approximate surface area is 170 Å². The van der Waals surface area contributed by atoms with Gasteiger partial charge in [-0.05, 0) is 64.6 Å². The Hall–Kier alpha value is -2.75. The maximum atomic E-state index is 9.66. The van der Waals surface area contributed by atoms with Gasteiger partial charge in [-0.15, -0.1) is 11.6 Å². The van der Waals surface area contributed by atoms with Crippen LogP contribution in [0.25, 0.3) is 11.1 Å². The zero-order valence-electron chi connectivity index (χ0n) is 15.4. The molecular weight excluding hydrogens is 372 g/mol. The molecule has 4 heteroatoms. The van der Waals surface area contributed by atoms with E-state index < -0.39 is 0 Å². The summed E-state index contributed by atoms with van der Waals surface area (Å²) in [5.74, 6) is 1.41. The molecule has 0 unspecified atom stereocenters. The lowest BCUT2D eigenvalue weighted by atomic mass is 9.88. The first-order valence-electron chi connectivity index (χ1n) is 9.12. The first kappa shape index (κ1) is 20.0. The minimum Gasteiger partial charge on any atom is -0.508 e. The topological polar surface area (TPSA) is 49.7 Å². The van der Waals surface area contributed by atoms with E-state index in [0.717, 1.165) is 27.8 Å². The molecule has 0 saturated carbocycles. The highest BCUT2D eigenvalue weighted by Crippen LogP contribution is 2.35. The lowest BCUT2D eigenvalue weighted by molar-refractivity contribution is 0.201. The van der Waals surface area contributed by atoms with E-state index in [4.69, 9.17) is 21.4 Å². The van der Waals surface area contributed by atoms with E-state index in [-0.39, 0.29) is 19.0 Å². The monoisotopic (exact) mass is 393 g/mol. The van der Waals surface area contributed by atoms with Gasteiger partial charge in [0.05, 0.1) is 6.61 Å². The van der Waals surface area contributed by atoms with Crippen molar-refractivity contribution in [2.75, 3.05) is 19.1 Å². The van der Waals surface area contributed by atoms with Gasteiger partial charge >= 0.3 is 0 Å². The Morgan fingerprint density at radius 3 is 2.25 bits per heavy atom.